The minimum absolute atomic E-state index is 0.0130. The van der Waals surface area contributed by atoms with Crippen LogP contribution >= 0.6 is 0 Å². The number of carbonyl (C=O) groups is 2. The van der Waals surface area contributed by atoms with Crippen LogP contribution in [-0.2, 0) is 9.59 Å². The smallest absolute Gasteiger partial charge is 0.240 e. The van der Waals surface area contributed by atoms with Crippen molar-refractivity contribution in [3.63, 3.8) is 0 Å². The quantitative estimate of drug-likeness (QED) is 0.907. The number of carbonyl (C=O) groups excluding carboxylic acids is 2. The van der Waals surface area contributed by atoms with E-state index in [1.165, 1.54) is 0 Å². The Morgan fingerprint density at radius 2 is 2.18 bits per heavy atom. The monoisotopic (exact) mass is 299 g/mol. The van der Waals surface area contributed by atoms with Crippen LogP contribution in [-0.4, -0.2) is 34.3 Å². The highest BCUT2D eigenvalue weighted by Gasteiger charge is 2.33. The van der Waals surface area contributed by atoms with Crippen LogP contribution in [0.5, 0.6) is 0 Å². The molecule has 2 unspecified atom stereocenters. The van der Waals surface area contributed by atoms with Crippen molar-refractivity contribution >= 4 is 22.7 Å². The third kappa shape index (κ3) is 2.58. The Labute approximate surface area is 129 Å². The van der Waals surface area contributed by atoms with Gasteiger partial charge in [0.2, 0.25) is 11.8 Å². The second-order valence-electron chi connectivity index (χ2n) is 6.04. The number of nitrogens with zero attached hydrogens (tertiary/aromatic N) is 1. The lowest BCUT2D eigenvalue weighted by molar-refractivity contribution is -0.137. The average molecular weight is 299 g/mol. The number of hydrogen-bond acceptors (Lipinski definition) is 2. The molecule has 3 N–H and O–H groups in total. The molecule has 5 nitrogen and oxygen atoms in total. The van der Waals surface area contributed by atoms with Crippen molar-refractivity contribution in [1.29, 1.82) is 0 Å². The predicted octanol–water partition coefficient (Wildman–Crippen LogP) is 2.14. The highest BCUT2D eigenvalue weighted by Crippen LogP contribution is 2.29. The Morgan fingerprint density at radius 1 is 1.41 bits per heavy atom. The normalized spacial score (nSPS) is 19.5. The number of aromatic nitrogens is 1. The van der Waals surface area contributed by atoms with E-state index in [4.69, 9.17) is 5.73 Å². The first-order valence-corrected chi connectivity index (χ1v) is 7.72. The molecule has 5 heteroatoms. The van der Waals surface area contributed by atoms with Gasteiger partial charge in [-0.1, -0.05) is 25.1 Å². The van der Waals surface area contributed by atoms with Crippen LogP contribution in [0.3, 0.4) is 0 Å². The minimum Gasteiger partial charge on any atom is -0.368 e. The maximum atomic E-state index is 12.5. The molecule has 0 aliphatic carbocycles. The molecule has 2 heterocycles. The zero-order valence-electron chi connectivity index (χ0n) is 12.7. The SMILES string of the molecule is CC(CC(=O)N1CCCC1C(N)=O)c1c[nH]c2ccccc12. The first-order valence-electron chi connectivity index (χ1n) is 7.72. The number of benzene rings is 1. The third-order valence-corrected chi connectivity index (χ3v) is 4.53. The maximum absolute atomic E-state index is 12.5. The van der Waals surface area contributed by atoms with Gasteiger partial charge in [-0.25, -0.2) is 0 Å². The van der Waals surface area contributed by atoms with Gasteiger partial charge in [-0.05, 0) is 30.4 Å². The molecule has 1 aliphatic heterocycles. The van der Waals surface area contributed by atoms with Gasteiger partial charge < -0.3 is 15.6 Å². The van der Waals surface area contributed by atoms with Crippen molar-refractivity contribution in [3.8, 4) is 0 Å². The van der Waals surface area contributed by atoms with E-state index in [-0.39, 0.29) is 11.8 Å². The number of H-pyrrole nitrogens is 1. The number of amides is 2. The second kappa shape index (κ2) is 5.83. The van der Waals surface area contributed by atoms with Crippen LogP contribution < -0.4 is 5.73 Å². The van der Waals surface area contributed by atoms with E-state index < -0.39 is 11.9 Å². The van der Waals surface area contributed by atoms with Crippen LogP contribution in [0, 0.1) is 0 Å². The molecule has 2 aromatic rings. The number of likely N-dealkylation sites (tertiary alicyclic amines) is 1. The number of aromatic amines is 1. The molecule has 1 aromatic heterocycles. The molecule has 2 amide bonds. The summed E-state index contributed by atoms with van der Waals surface area (Å²) < 4.78 is 0. The maximum Gasteiger partial charge on any atom is 0.240 e. The van der Waals surface area contributed by atoms with Gasteiger partial charge in [-0.2, -0.15) is 0 Å². The zero-order chi connectivity index (χ0) is 15.7. The summed E-state index contributed by atoms with van der Waals surface area (Å²) in [5.41, 5.74) is 7.60. The van der Waals surface area contributed by atoms with E-state index in [9.17, 15) is 9.59 Å². The predicted molar refractivity (Wildman–Crippen MR) is 85.3 cm³/mol. The van der Waals surface area contributed by atoms with E-state index in [1.807, 2.05) is 31.3 Å². The molecule has 1 saturated heterocycles. The number of hydrogen-bond donors (Lipinski definition) is 2. The number of primary amides is 1. The largest absolute Gasteiger partial charge is 0.368 e. The number of nitrogens with one attached hydrogen (secondary N) is 1. The van der Waals surface area contributed by atoms with Gasteiger partial charge in [0, 0.05) is 30.1 Å². The van der Waals surface area contributed by atoms with Gasteiger partial charge in [0.05, 0.1) is 0 Å². The van der Waals surface area contributed by atoms with E-state index >= 15 is 0 Å². The molecule has 3 rings (SSSR count). The number of rotatable bonds is 4. The Balaban J connectivity index is 1.75. The Kier molecular flexibility index (Phi) is 3.88. The van der Waals surface area contributed by atoms with Crippen molar-refractivity contribution in [3.05, 3.63) is 36.0 Å². The summed E-state index contributed by atoms with van der Waals surface area (Å²) >= 11 is 0. The fraction of sp³-hybridized carbons (Fsp3) is 0.412. The van der Waals surface area contributed by atoms with E-state index in [0.717, 1.165) is 22.9 Å². The van der Waals surface area contributed by atoms with E-state index in [1.54, 1.807) is 4.90 Å². The molecule has 0 saturated carbocycles. The summed E-state index contributed by atoms with van der Waals surface area (Å²) in [6.45, 7) is 2.68. The van der Waals surface area contributed by atoms with Crippen molar-refractivity contribution in [2.45, 2.75) is 38.1 Å². The molecule has 116 valence electrons. The van der Waals surface area contributed by atoms with Crippen LogP contribution in [0.1, 0.15) is 37.7 Å². The molecule has 0 bridgehead atoms. The Hall–Kier alpha value is -2.30. The minimum atomic E-state index is -0.428. The van der Waals surface area contributed by atoms with E-state index in [0.29, 0.717) is 19.4 Å². The Morgan fingerprint density at radius 3 is 2.95 bits per heavy atom. The molecular formula is C17H21N3O2. The zero-order valence-corrected chi connectivity index (χ0v) is 12.7. The average Bonchev–Trinajstić information content (AvgIpc) is 3.14. The summed E-state index contributed by atoms with van der Waals surface area (Å²) in [5, 5.41) is 1.15. The fourth-order valence-corrected chi connectivity index (χ4v) is 3.35. The lowest BCUT2D eigenvalue weighted by atomic mass is 9.96. The van der Waals surface area contributed by atoms with Gasteiger partial charge in [0.25, 0.3) is 0 Å². The number of nitrogens with two attached hydrogens (primary N) is 1. The van der Waals surface area contributed by atoms with Crippen molar-refractivity contribution < 1.29 is 9.59 Å². The summed E-state index contributed by atoms with van der Waals surface area (Å²) in [6, 6.07) is 7.64. The first kappa shape index (κ1) is 14.6. The van der Waals surface area contributed by atoms with Gasteiger partial charge in [-0.15, -0.1) is 0 Å². The fourth-order valence-electron chi connectivity index (χ4n) is 3.35. The molecule has 0 spiro atoms. The van der Waals surface area contributed by atoms with Gasteiger partial charge >= 0.3 is 0 Å². The molecule has 1 aliphatic rings. The molecule has 2 atom stereocenters. The highest BCUT2D eigenvalue weighted by molar-refractivity contribution is 5.88. The van der Waals surface area contributed by atoms with Crippen molar-refractivity contribution in [1.82, 2.24) is 9.88 Å². The lowest BCUT2D eigenvalue weighted by Crippen LogP contribution is -2.43. The number of fused-ring (bicyclic) bond motifs is 1. The van der Waals surface area contributed by atoms with Crippen molar-refractivity contribution in [2.75, 3.05) is 6.54 Å². The van der Waals surface area contributed by atoms with Crippen LogP contribution in [0.4, 0.5) is 0 Å². The van der Waals surface area contributed by atoms with Crippen molar-refractivity contribution in [2.24, 2.45) is 5.73 Å². The molecule has 1 fully saturated rings. The number of para-hydroxylation sites is 1. The standard InChI is InChI=1S/C17H21N3O2/c1-11(13-10-19-14-6-3-2-5-12(13)14)9-16(21)20-8-4-7-15(20)17(18)22/h2-3,5-6,10-11,15,19H,4,7-9H2,1H3,(H2,18,22). The van der Waals surface area contributed by atoms with Crippen LogP contribution in [0.25, 0.3) is 10.9 Å². The molecular weight excluding hydrogens is 278 g/mol. The van der Waals surface area contributed by atoms with Crippen LogP contribution in [0.2, 0.25) is 0 Å². The molecule has 1 aromatic carbocycles. The van der Waals surface area contributed by atoms with Gasteiger partial charge in [-0.3, -0.25) is 9.59 Å². The summed E-state index contributed by atoms with van der Waals surface area (Å²) in [6.07, 6.45) is 3.90. The summed E-state index contributed by atoms with van der Waals surface area (Å²) in [4.78, 5) is 28.8. The topological polar surface area (TPSA) is 79.2 Å². The summed E-state index contributed by atoms with van der Waals surface area (Å²) in [7, 11) is 0. The van der Waals surface area contributed by atoms with Crippen LogP contribution in [0.15, 0.2) is 30.5 Å². The lowest BCUT2D eigenvalue weighted by Gasteiger charge is -2.23. The highest BCUT2D eigenvalue weighted by atomic mass is 16.2. The molecule has 0 radical (unpaired) electrons. The van der Waals surface area contributed by atoms with E-state index in [2.05, 4.69) is 11.1 Å². The van der Waals surface area contributed by atoms with Gasteiger partial charge in [0.1, 0.15) is 6.04 Å². The second-order valence-corrected chi connectivity index (χ2v) is 6.04. The van der Waals surface area contributed by atoms with Gasteiger partial charge in [0.15, 0.2) is 0 Å². The first-order chi connectivity index (χ1) is 10.6. The molecule has 22 heavy (non-hydrogen) atoms. The third-order valence-electron chi connectivity index (χ3n) is 4.53. The Bertz CT molecular complexity index is 707. The summed E-state index contributed by atoms with van der Waals surface area (Å²) in [5.74, 6) is -0.289.